The van der Waals surface area contributed by atoms with E-state index in [4.69, 9.17) is 16.3 Å². The van der Waals surface area contributed by atoms with Gasteiger partial charge in [-0.2, -0.15) is 4.31 Å². The molecular formula is C17H16ClFN4O4S. The molecule has 1 fully saturated rings. The van der Waals surface area contributed by atoms with Crippen molar-refractivity contribution in [2.24, 2.45) is 0 Å². The zero-order valence-corrected chi connectivity index (χ0v) is 16.2. The average Bonchev–Trinajstić information content (AvgIpc) is 3.00. The van der Waals surface area contributed by atoms with Gasteiger partial charge in [-0.1, -0.05) is 17.7 Å². The molecule has 2 aromatic heterocycles. The molecule has 3 heterocycles. The second-order valence-electron chi connectivity index (χ2n) is 6.25. The fourth-order valence-corrected chi connectivity index (χ4v) is 4.65. The molecule has 4 rings (SSSR count). The van der Waals surface area contributed by atoms with Crippen molar-refractivity contribution in [2.45, 2.75) is 11.4 Å². The maximum atomic E-state index is 14.0. The standard InChI is InChI=1S/C17H16ClFN4O4S/c18-14-2-1-3-15(19)13(14)11-23-17(24)22-10-12(4-5-16(22)20-23)28(25,26)21-6-8-27-9-7-21/h1-5,10H,6-9,11H2. The zero-order chi connectivity index (χ0) is 19.9. The molecule has 0 aliphatic carbocycles. The van der Waals surface area contributed by atoms with Crippen molar-refractivity contribution < 1.29 is 17.5 Å². The van der Waals surface area contributed by atoms with E-state index in [1.807, 2.05) is 0 Å². The zero-order valence-electron chi connectivity index (χ0n) is 14.6. The predicted molar refractivity (Wildman–Crippen MR) is 99.5 cm³/mol. The van der Waals surface area contributed by atoms with Crippen LogP contribution in [0.1, 0.15) is 5.56 Å². The maximum absolute atomic E-state index is 14.0. The Morgan fingerprint density at radius 2 is 1.93 bits per heavy atom. The van der Waals surface area contributed by atoms with Crippen molar-refractivity contribution in [1.82, 2.24) is 18.5 Å². The van der Waals surface area contributed by atoms with Crippen LogP contribution in [0.4, 0.5) is 4.39 Å². The lowest BCUT2D eigenvalue weighted by Crippen LogP contribution is -2.40. The molecule has 1 saturated heterocycles. The van der Waals surface area contributed by atoms with Gasteiger partial charge in [-0.15, -0.1) is 5.10 Å². The Morgan fingerprint density at radius 1 is 1.18 bits per heavy atom. The van der Waals surface area contributed by atoms with Crippen molar-refractivity contribution in [2.75, 3.05) is 26.3 Å². The minimum atomic E-state index is -3.76. The third-order valence-corrected chi connectivity index (χ3v) is 6.76. The number of nitrogens with zero attached hydrogens (tertiary/aromatic N) is 4. The Labute approximate surface area is 164 Å². The lowest BCUT2D eigenvalue weighted by molar-refractivity contribution is 0.0730. The van der Waals surface area contributed by atoms with Crippen LogP contribution < -0.4 is 5.69 Å². The molecule has 148 valence electrons. The molecule has 0 radical (unpaired) electrons. The Kier molecular flexibility index (Phi) is 4.96. The molecule has 28 heavy (non-hydrogen) atoms. The van der Waals surface area contributed by atoms with Crippen molar-refractivity contribution in [3.8, 4) is 0 Å². The topological polar surface area (TPSA) is 85.9 Å². The molecule has 3 aromatic rings. The number of pyridine rings is 1. The van der Waals surface area contributed by atoms with Gasteiger partial charge in [0.25, 0.3) is 0 Å². The molecule has 1 aliphatic rings. The summed E-state index contributed by atoms with van der Waals surface area (Å²) in [6.45, 7) is 0.976. The van der Waals surface area contributed by atoms with E-state index in [0.29, 0.717) is 13.2 Å². The highest BCUT2D eigenvalue weighted by molar-refractivity contribution is 7.89. The summed E-state index contributed by atoms with van der Waals surface area (Å²) in [5, 5.41) is 4.32. The summed E-state index contributed by atoms with van der Waals surface area (Å²) < 4.78 is 48.3. The van der Waals surface area contributed by atoms with E-state index in [1.165, 1.54) is 40.8 Å². The largest absolute Gasteiger partial charge is 0.379 e. The first kappa shape index (κ1) is 19.1. The molecular weight excluding hydrogens is 411 g/mol. The smallest absolute Gasteiger partial charge is 0.350 e. The predicted octanol–water partition coefficient (Wildman–Crippen LogP) is 1.36. The number of aromatic nitrogens is 3. The fourth-order valence-electron chi connectivity index (χ4n) is 3.02. The average molecular weight is 427 g/mol. The molecule has 0 bridgehead atoms. The maximum Gasteiger partial charge on any atom is 0.350 e. The number of sulfonamides is 1. The van der Waals surface area contributed by atoms with Gasteiger partial charge in [0.1, 0.15) is 5.82 Å². The van der Waals surface area contributed by atoms with Crippen LogP contribution in [-0.4, -0.2) is 53.2 Å². The minimum Gasteiger partial charge on any atom is -0.379 e. The molecule has 1 aromatic carbocycles. The highest BCUT2D eigenvalue weighted by Crippen LogP contribution is 2.20. The Hall–Kier alpha value is -2.27. The summed E-state index contributed by atoms with van der Waals surface area (Å²) in [7, 11) is -3.76. The quantitative estimate of drug-likeness (QED) is 0.628. The summed E-state index contributed by atoms with van der Waals surface area (Å²) in [6.07, 6.45) is 1.23. The van der Waals surface area contributed by atoms with Crippen LogP contribution in [0.5, 0.6) is 0 Å². The van der Waals surface area contributed by atoms with Gasteiger partial charge in [-0.25, -0.2) is 26.7 Å². The second-order valence-corrected chi connectivity index (χ2v) is 8.60. The van der Waals surface area contributed by atoms with Gasteiger partial charge >= 0.3 is 5.69 Å². The first-order valence-corrected chi connectivity index (χ1v) is 10.3. The molecule has 0 saturated carbocycles. The summed E-state index contributed by atoms with van der Waals surface area (Å²) in [6, 6.07) is 7.07. The van der Waals surface area contributed by atoms with Crippen LogP contribution in [0.25, 0.3) is 5.65 Å². The van der Waals surface area contributed by atoms with Gasteiger partial charge in [-0.3, -0.25) is 0 Å². The lowest BCUT2D eigenvalue weighted by Gasteiger charge is -2.25. The van der Waals surface area contributed by atoms with Crippen LogP contribution in [0.15, 0.2) is 46.2 Å². The molecule has 0 spiro atoms. The van der Waals surface area contributed by atoms with Crippen LogP contribution in [0.2, 0.25) is 5.02 Å². The van der Waals surface area contributed by atoms with E-state index in [1.54, 1.807) is 0 Å². The number of hydrogen-bond acceptors (Lipinski definition) is 5. The first-order valence-electron chi connectivity index (χ1n) is 8.48. The Morgan fingerprint density at radius 3 is 2.64 bits per heavy atom. The lowest BCUT2D eigenvalue weighted by atomic mass is 10.2. The molecule has 0 amide bonds. The van der Waals surface area contributed by atoms with Crippen molar-refractivity contribution in [3.63, 3.8) is 0 Å². The monoisotopic (exact) mass is 426 g/mol. The molecule has 11 heteroatoms. The molecule has 0 N–H and O–H groups in total. The van der Waals surface area contributed by atoms with E-state index < -0.39 is 21.5 Å². The van der Waals surface area contributed by atoms with Crippen LogP contribution in [-0.2, 0) is 21.3 Å². The summed E-state index contributed by atoms with van der Waals surface area (Å²) in [5.74, 6) is -0.549. The fraction of sp³-hybridized carbons (Fsp3) is 0.294. The first-order chi connectivity index (χ1) is 13.4. The Bertz CT molecular complexity index is 1180. The summed E-state index contributed by atoms with van der Waals surface area (Å²) >= 11 is 6.02. The van der Waals surface area contributed by atoms with Crippen molar-refractivity contribution >= 4 is 27.3 Å². The van der Waals surface area contributed by atoms with Crippen molar-refractivity contribution in [1.29, 1.82) is 0 Å². The van der Waals surface area contributed by atoms with Gasteiger partial charge in [0.05, 0.1) is 24.7 Å². The van der Waals surface area contributed by atoms with E-state index in [9.17, 15) is 17.6 Å². The molecule has 0 atom stereocenters. The van der Waals surface area contributed by atoms with Gasteiger partial charge in [0.15, 0.2) is 5.65 Å². The van der Waals surface area contributed by atoms with E-state index in [2.05, 4.69) is 5.10 Å². The number of halogens is 2. The van der Waals surface area contributed by atoms with E-state index in [-0.39, 0.29) is 40.8 Å². The molecule has 0 unspecified atom stereocenters. The van der Waals surface area contributed by atoms with Crippen LogP contribution in [0.3, 0.4) is 0 Å². The van der Waals surface area contributed by atoms with Gasteiger partial charge < -0.3 is 4.74 Å². The van der Waals surface area contributed by atoms with Crippen molar-refractivity contribution in [3.05, 3.63) is 63.4 Å². The van der Waals surface area contributed by atoms with Gasteiger partial charge in [0.2, 0.25) is 10.0 Å². The minimum absolute atomic E-state index is 0.0209. The molecule has 1 aliphatic heterocycles. The second kappa shape index (κ2) is 7.28. The summed E-state index contributed by atoms with van der Waals surface area (Å²) in [5.41, 5.74) is -0.206. The number of rotatable bonds is 4. The van der Waals surface area contributed by atoms with Gasteiger partial charge in [0, 0.05) is 29.9 Å². The number of ether oxygens (including phenoxy) is 1. The number of benzene rings is 1. The van der Waals surface area contributed by atoms with Crippen LogP contribution in [0, 0.1) is 5.82 Å². The highest BCUT2D eigenvalue weighted by Gasteiger charge is 2.27. The third kappa shape index (κ3) is 3.32. The van der Waals surface area contributed by atoms with E-state index in [0.717, 1.165) is 9.08 Å². The molecule has 8 nitrogen and oxygen atoms in total. The van der Waals surface area contributed by atoms with Gasteiger partial charge in [-0.05, 0) is 24.3 Å². The van der Waals surface area contributed by atoms with E-state index >= 15 is 0 Å². The summed E-state index contributed by atoms with van der Waals surface area (Å²) in [4.78, 5) is 12.7. The normalized spacial score (nSPS) is 15.9. The number of fused-ring (bicyclic) bond motifs is 1. The number of morpholine rings is 1. The van der Waals surface area contributed by atoms with Crippen LogP contribution >= 0.6 is 11.6 Å². The Balaban J connectivity index is 1.73. The number of hydrogen-bond donors (Lipinski definition) is 0. The highest BCUT2D eigenvalue weighted by atomic mass is 35.5. The SMILES string of the molecule is O=c1n(Cc2c(F)cccc2Cl)nc2ccc(S(=O)(=O)N3CCOCC3)cn12. The third-order valence-electron chi connectivity index (χ3n) is 4.53.